The Hall–Kier alpha value is -3.35. The maximum Gasteiger partial charge on any atom is 0.404 e. The summed E-state index contributed by atoms with van der Waals surface area (Å²) in [6, 6.07) is 13.5. The van der Waals surface area contributed by atoms with Gasteiger partial charge in [-0.2, -0.15) is 0 Å². The Morgan fingerprint density at radius 2 is 2.06 bits per heavy atom. The molecule has 1 fully saturated rings. The number of aromatic nitrogens is 2. The van der Waals surface area contributed by atoms with Crippen LogP contribution in [0.25, 0.3) is 22.3 Å². The molecule has 32 heavy (non-hydrogen) atoms. The van der Waals surface area contributed by atoms with E-state index in [2.05, 4.69) is 24.0 Å². The summed E-state index contributed by atoms with van der Waals surface area (Å²) in [5.74, 6) is 1.51. The number of rotatable bonds is 6. The molecule has 0 bridgehead atoms. The Labute approximate surface area is 188 Å². The fourth-order valence-electron chi connectivity index (χ4n) is 4.50. The third kappa shape index (κ3) is 4.61. The van der Waals surface area contributed by atoms with E-state index in [1.165, 1.54) is 0 Å². The lowest BCUT2D eigenvalue weighted by molar-refractivity contribution is 0.0808. The van der Waals surface area contributed by atoms with Gasteiger partial charge in [0.25, 0.3) is 0 Å². The minimum atomic E-state index is -0.720. The number of phenols is 1. The van der Waals surface area contributed by atoms with Gasteiger partial charge in [0.05, 0.1) is 11.1 Å². The van der Waals surface area contributed by atoms with Gasteiger partial charge in [0.1, 0.15) is 17.7 Å². The zero-order chi connectivity index (χ0) is 22.7. The van der Waals surface area contributed by atoms with E-state index in [9.17, 15) is 9.90 Å². The maximum absolute atomic E-state index is 11.3. The van der Waals surface area contributed by atoms with E-state index in [0.717, 1.165) is 41.5 Å². The van der Waals surface area contributed by atoms with Crippen LogP contribution < -0.4 is 10.6 Å². The largest absolute Gasteiger partial charge is 0.507 e. The number of primary amides is 1. The van der Waals surface area contributed by atoms with Crippen LogP contribution in [0.3, 0.4) is 0 Å². The molecule has 7 heteroatoms. The van der Waals surface area contributed by atoms with E-state index in [4.69, 9.17) is 20.4 Å². The lowest BCUT2D eigenvalue weighted by Crippen LogP contribution is -2.46. The number of amides is 1. The van der Waals surface area contributed by atoms with E-state index in [1.54, 1.807) is 12.1 Å². The summed E-state index contributed by atoms with van der Waals surface area (Å²) in [6.45, 7) is 4.91. The Bertz CT molecular complexity index is 1120. The number of hydrogen-bond donors (Lipinski definition) is 2. The standard InChI is InChI=1S/C25H30N4O3/c1-3-4-7-17-15-18(32-25(26)31)12-13-29(17)24-19-11-10-16(2)14-21(19)27-23(28-24)20-8-5-6-9-22(20)30/h5-6,8-11,14,17-18,30H,3-4,7,12-13,15H2,1-2H3,(H2,26,31). The topological polar surface area (TPSA) is 102 Å². The number of anilines is 1. The van der Waals surface area contributed by atoms with Gasteiger partial charge in [-0.3, -0.25) is 0 Å². The number of benzene rings is 2. The third-order valence-corrected chi connectivity index (χ3v) is 6.09. The first-order valence-corrected chi connectivity index (χ1v) is 11.3. The molecular weight excluding hydrogens is 404 g/mol. The number of carbonyl (C=O) groups excluding carboxylic acids is 1. The number of phenolic OH excluding ortho intramolecular Hbond substituents is 1. The van der Waals surface area contributed by atoms with Gasteiger partial charge >= 0.3 is 6.09 Å². The van der Waals surface area contributed by atoms with Crippen LogP contribution in [-0.4, -0.2) is 39.9 Å². The first kappa shape index (κ1) is 21.9. The molecule has 3 N–H and O–H groups in total. The van der Waals surface area contributed by atoms with Gasteiger partial charge in [-0.15, -0.1) is 0 Å². The fourth-order valence-corrected chi connectivity index (χ4v) is 4.50. The zero-order valence-electron chi connectivity index (χ0n) is 18.6. The summed E-state index contributed by atoms with van der Waals surface area (Å²) < 4.78 is 5.34. The summed E-state index contributed by atoms with van der Waals surface area (Å²) >= 11 is 0. The van der Waals surface area contributed by atoms with Crippen molar-refractivity contribution in [2.45, 2.75) is 58.1 Å². The molecule has 1 saturated heterocycles. The number of hydrogen-bond acceptors (Lipinski definition) is 6. The number of nitrogens with zero attached hydrogens (tertiary/aromatic N) is 3. The van der Waals surface area contributed by atoms with Gasteiger partial charge in [-0.1, -0.05) is 38.0 Å². The highest BCUT2D eigenvalue weighted by molar-refractivity contribution is 5.92. The van der Waals surface area contributed by atoms with Crippen LogP contribution in [0.15, 0.2) is 42.5 Å². The minimum Gasteiger partial charge on any atom is -0.507 e. The molecule has 1 aliphatic rings. The average Bonchev–Trinajstić information content (AvgIpc) is 2.77. The Morgan fingerprint density at radius 1 is 1.25 bits per heavy atom. The number of fused-ring (bicyclic) bond motifs is 1. The van der Waals surface area contributed by atoms with Crippen LogP contribution in [0.5, 0.6) is 5.75 Å². The second kappa shape index (κ2) is 9.42. The van der Waals surface area contributed by atoms with Crippen molar-refractivity contribution in [3.63, 3.8) is 0 Å². The number of ether oxygens (including phenoxy) is 1. The van der Waals surface area contributed by atoms with E-state index in [-0.39, 0.29) is 17.9 Å². The number of aryl methyl sites for hydroxylation is 1. The van der Waals surface area contributed by atoms with E-state index < -0.39 is 6.09 Å². The van der Waals surface area contributed by atoms with Crippen molar-refractivity contribution in [3.8, 4) is 17.1 Å². The van der Waals surface area contributed by atoms with Gasteiger partial charge in [-0.25, -0.2) is 14.8 Å². The molecule has 1 aliphatic heterocycles. The van der Waals surface area contributed by atoms with Crippen molar-refractivity contribution in [2.75, 3.05) is 11.4 Å². The maximum atomic E-state index is 11.3. The monoisotopic (exact) mass is 434 g/mol. The predicted octanol–water partition coefficient (Wildman–Crippen LogP) is 4.93. The van der Waals surface area contributed by atoms with Crippen molar-refractivity contribution in [3.05, 3.63) is 48.0 Å². The average molecular weight is 435 g/mol. The van der Waals surface area contributed by atoms with Crippen LogP contribution >= 0.6 is 0 Å². The van der Waals surface area contributed by atoms with Crippen molar-refractivity contribution in [2.24, 2.45) is 5.73 Å². The molecule has 2 atom stereocenters. The van der Waals surface area contributed by atoms with Crippen molar-refractivity contribution in [1.82, 2.24) is 9.97 Å². The lowest BCUT2D eigenvalue weighted by atomic mass is 9.94. The Morgan fingerprint density at radius 3 is 2.81 bits per heavy atom. The van der Waals surface area contributed by atoms with Gasteiger partial charge in [0.2, 0.25) is 0 Å². The highest BCUT2D eigenvalue weighted by atomic mass is 16.6. The summed E-state index contributed by atoms with van der Waals surface area (Å²) in [6.07, 6.45) is 3.62. The van der Waals surface area contributed by atoms with Gasteiger partial charge < -0.3 is 20.5 Å². The molecule has 2 aromatic carbocycles. The number of unbranched alkanes of at least 4 members (excludes halogenated alkanes) is 1. The molecule has 168 valence electrons. The summed E-state index contributed by atoms with van der Waals surface area (Å²) in [5, 5.41) is 11.4. The SMILES string of the molecule is CCCCC1CC(OC(N)=O)CCN1c1nc(-c2ccccc2O)nc2cc(C)ccc12. The van der Waals surface area contributed by atoms with Crippen LogP contribution in [0, 0.1) is 6.92 Å². The number of piperidine rings is 1. The van der Waals surface area contributed by atoms with Crippen LogP contribution in [0.1, 0.15) is 44.6 Å². The number of aromatic hydroxyl groups is 1. The quantitative estimate of drug-likeness (QED) is 0.570. The molecule has 0 saturated carbocycles. The Balaban J connectivity index is 1.80. The van der Waals surface area contributed by atoms with Crippen LogP contribution in [-0.2, 0) is 4.74 Å². The molecule has 0 spiro atoms. The highest BCUT2D eigenvalue weighted by Crippen LogP contribution is 2.35. The number of carbonyl (C=O) groups is 1. The molecule has 2 unspecified atom stereocenters. The predicted molar refractivity (Wildman–Crippen MR) is 126 cm³/mol. The molecule has 0 aliphatic carbocycles. The molecule has 2 heterocycles. The minimum absolute atomic E-state index is 0.154. The van der Waals surface area contributed by atoms with Crippen molar-refractivity contribution in [1.29, 1.82) is 0 Å². The molecule has 7 nitrogen and oxygen atoms in total. The lowest BCUT2D eigenvalue weighted by Gasteiger charge is -2.40. The second-order valence-corrected chi connectivity index (χ2v) is 8.48. The molecular formula is C25H30N4O3. The first-order chi connectivity index (χ1) is 15.5. The van der Waals surface area contributed by atoms with Crippen molar-refractivity contribution < 1.29 is 14.6 Å². The van der Waals surface area contributed by atoms with E-state index in [0.29, 0.717) is 30.8 Å². The van der Waals surface area contributed by atoms with Gasteiger partial charge in [0.15, 0.2) is 5.82 Å². The third-order valence-electron chi connectivity index (χ3n) is 6.09. The Kier molecular flexibility index (Phi) is 6.44. The smallest absolute Gasteiger partial charge is 0.404 e. The highest BCUT2D eigenvalue weighted by Gasteiger charge is 2.32. The van der Waals surface area contributed by atoms with Crippen LogP contribution in [0.2, 0.25) is 0 Å². The zero-order valence-corrected chi connectivity index (χ0v) is 18.6. The molecule has 1 aromatic heterocycles. The van der Waals surface area contributed by atoms with Gasteiger partial charge in [0, 0.05) is 30.8 Å². The fraction of sp³-hybridized carbons (Fsp3) is 0.400. The molecule has 4 rings (SSSR count). The van der Waals surface area contributed by atoms with Gasteiger partial charge in [-0.05, 0) is 43.2 Å². The second-order valence-electron chi connectivity index (χ2n) is 8.48. The number of para-hydroxylation sites is 1. The summed E-state index contributed by atoms with van der Waals surface area (Å²) in [7, 11) is 0. The molecule has 3 aromatic rings. The summed E-state index contributed by atoms with van der Waals surface area (Å²) in [4.78, 5) is 23.4. The normalized spacial score (nSPS) is 18.6. The summed E-state index contributed by atoms with van der Waals surface area (Å²) in [5.41, 5.74) is 7.85. The first-order valence-electron chi connectivity index (χ1n) is 11.3. The van der Waals surface area contributed by atoms with E-state index in [1.807, 2.05) is 25.1 Å². The van der Waals surface area contributed by atoms with Crippen molar-refractivity contribution >= 4 is 22.8 Å². The molecule has 1 amide bonds. The number of nitrogens with two attached hydrogens (primary N) is 1. The van der Waals surface area contributed by atoms with E-state index >= 15 is 0 Å². The van der Waals surface area contributed by atoms with Crippen LogP contribution in [0.4, 0.5) is 10.6 Å². The molecule has 0 radical (unpaired) electrons.